The van der Waals surface area contributed by atoms with Crippen molar-refractivity contribution in [2.75, 3.05) is 7.05 Å². The van der Waals surface area contributed by atoms with E-state index < -0.39 is 0 Å². The van der Waals surface area contributed by atoms with Crippen LogP contribution in [-0.2, 0) is 0 Å². The van der Waals surface area contributed by atoms with Gasteiger partial charge in [-0.2, -0.15) is 0 Å². The first-order chi connectivity index (χ1) is 8.70. The van der Waals surface area contributed by atoms with Crippen LogP contribution in [0.1, 0.15) is 37.1 Å². The quantitative estimate of drug-likeness (QED) is 0.876. The van der Waals surface area contributed by atoms with E-state index in [9.17, 15) is 0 Å². The van der Waals surface area contributed by atoms with Crippen LogP contribution in [0.15, 0.2) is 28.7 Å². The van der Waals surface area contributed by atoms with Crippen molar-refractivity contribution in [3.63, 3.8) is 0 Å². The Labute approximate surface area is 108 Å². The Morgan fingerprint density at radius 2 is 2.11 bits per heavy atom. The second-order valence-electron chi connectivity index (χ2n) is 5.60. The molecule has 0 amide bonds. The Hall–Kier alpha value is -1.28. The molecule has 3 rings (SSSR count). The molecule has 0 saturated heterocycles. The predicted molar refractivity (Wildman–Crippen MR) is 74.6 cm³/mol. The normalized spacial score (nSPS) is 19.1. The number of hydrogen-bond donors (Lipinski definition) is 1. The Morgan fingerprint density at radius 3 is 2.72 bits per heavy atom. The van der Waals surface area contributed by atoms with Crippen molar-refractivity contribution in [3.05, 3.63) is 35.6 Å². The molecule has 1 aliphatic carbocycles. The number of furan rings is 1. The van der Waals surface area contributed by atoms with Crippen LogP contribution in [0.25, 0.3) is 11.0 Å². The molecule has 0 aliphatic heterocycles. The molecule has 1 aromatic carbocycles. The van der Waals surface area contributed by atoms with E-state index in [1.165, 1.54) is 23.8 Å². The highest BCUT2D eigenvalue weighted by Crippen LogP contribution is 2.43. The molecule has 2 unspecified atom stereocenters. The van der Waals surface area contributed by atoms with Crippen LogP contribution < -0.4 is 5.32 Å². The van der Waals surface area contributed by atoms with Gasteiger partial charge in [-0.15, -0.1) is 0 Å². The zero-order chi connectivity index (χ0) is 12.7. The molecule has 1 aromatic heterocycles. The van der Waals surface area contributed by atoms with Gasteiger partial charge in [-0.3, -0.25) is 0 Å². The lowest BCUT2D eigenvalue weighted by atomic mass is 9.95. The standard InChI is InChI=1S/C16H21NO/c1-10-5-4-6-13-9-14(18-16(10)13)15(17-3)11(2)12-7-8-12/h4-6,9,11-12,15,17H,7-8H2,1-3H3. The van der Waals surface area contributed by atoms with Gasteiger partial charge >= 0.3 is 0 Å². The van der Waals surface area contributed by atoms with Crippen molar-refractivity contribution in [2.24, 2.45) is 11.8 Å². The molecule has 0 radical (unpaired) electrons. The third-order valence-electron chi connectivity index (χ3n) is 4.27. The van der Waals surface area contributed by atoms with Gasteiger partial charge < -0.3 is 9.73 Å². The fourth-order valence-electron chi connectivity index (χ4n) is 2.94. The molecule has 1 heterocycles. The van der Waals surface area contributed by atoms with Crippen molar-refractivity contribution >= 4 is 11.0 Å². The summed E-state index contributed by atoms with van der Waals surface area (Å²) in [7, 11) is 2.03. The summed E-state index contributed by atoms with van der Waals surface area (Å²) in [5.41, 5.74) is 2.25. The maximum absolute atomic E-state index is 6.09. The summed E-state index contributed by atoms with van der Waals surface area (Å²) in [6, 6.07) is 8.86. The van der Waals surface area contributed by atoms with Crippen molar-refractivity contribution in [1.82, 2.24) is 5.32 Å². The van der Waals surface area contributed by atoms with E-state index in [0.29, 0.717) is 12.0 Å². The van der Waals surface area contributed by atoms with Crippen LogP contribution in [-0.4, -0.2) is 7.05 Å². The molecule has 1 fully saturated rings. The van der Waals surface area contributed by atoms with Crippen LogP contribution in [0, 0.1) is 18.8 Å². The van der Waals surface area contributed by atoms with Gasteiger partial charge in [0.25, 0.3) is 0 Å². The van der Waals surface area contributed by atoms with Gasteiger partial charge in [0.1, 0.15) is 11.3 Å². The smallest absolute Gasteiger partial charge is 0.137 e. The molecule has 2 aromatic rings. The largest absolute Gasteiger partial charge is 0.459 e. The van der Waals surface area contributed by atoms with E-state index in [0.717, 1.165) is 17.3 Å². The van der Waals surface area contributed by atoms with Gasteiger partial charge in [-0.05, 0) is 50.3 Å². The number of hydrogen-bond acceptors (Lipinski definition) is 2. The number of aryl methyl sites for hydroxylation is 1. The minimum absolute atomic E-state index is 0.337. The number of nitrogens with one attached hydrogen (secondary N) is 1. The van der Waals surface area contributed by atoms with Gasteiger partial charge in [0.2, 0.25) is 0 Å². The predicted octanol–water partition coefficient (Wildman–Crippen LogP) is 4.05. The maximum atomic E-state index is 6.09. The van der Waals surface area contributed by atoms with Gasteiger partial charge in [-0.1, -0.05) is 25.1 Å². The van der Waals surface area contributed by atoms with Crippen molar-refractivity contribution < 1.29 is 4.42 Å². The zero-order valence-electron chi connectivity index (χ0n) is 11.4. The lowest BCUT2D eigenvalue weighted by Crippen LogP contribution is -2.24. The van der Waals surface area contributed by atoms with Crippen LogP contribution in [0.4, 0.5) is 0 Å². The molecule has 2 nitrogen and oxygen atoms in total. The molecule has 2 heteroatoms. The van der Waals surface area contributed by atoms with E-state index in [-0.39, 0.29) is 0 Å². The molecule has 1 saturated carbocycles. The van der Waals surface area contributed by atoms with E-state index in [4.69, 9.17) is 4.42 Å². The number of para-hydroxylation sites is 1. The lowest BCUT2D eigenvalue weighted by Gasteiger charge is -2.21. The van der Waals surface area contributed by atoms with E-state index in [2.05, 4.69) is 43.4 Å². The van der Waals surface area contributed by atoms with Crippen LogP contribution >= 0.6 is 0 Å². The molecule has 18 heavy (non-hydrogen) atoms. The average molecular weight is 243 g/mol. The molecule has 0 bridgehead atoms. The van der Waals surface area contributed by atoms with Crippen molar-refractivity contribution in [2.45, 2.75) is 32.7 Å². The van der Waals surface area contributed by atoms with Gasteiger partial charge in [0.05, 0.1) is 6.04 Å². The second-order valence-corrected chi connectivity index (χ2v) is 5.60. The van der Waals surface area contributed by atoms with E-state index >= 15 is 0 Å². The molecule has 96 valence electrons. The first-order valence-electron chi connectivity index (χ1n) is 6.87. The Balaban J connectivity index is 1.99. The summed E-state index contributed by atoms with van der Waals surface area (Å²) in [5, 5.41) is 4.64. The fourth-order valence-corrected chi connectivity index (χ4v) is 2.94. The zero-order valence-corrected chi connectivity index (χ0v) is 11.4. The van der Waals surface area contributed by atoms with Crippen LogP contribution in [0.5, 0.6) is 0 Å². The Bertz CT molecular complexity index is 553. The van der Waals surface area contributed by atoms with E-state index in [1.807, 2.05) is 7.05 Å². The summed E-state index contributed by atoms with van der Waals surface area (Å²) >= 11 is 0. The van der Waals surface area contributed by atoms with Crippen molar-refractivity contribution in [3.8, 4) is 0 Å². The van der Waals surface area contributed by atoms with Gasteiger partial charge in [0.15, 0.2) is 0 Å². The Morgan fingerprint density at radius 1 is 1.33 bits per heavy atom. The molecular formula is C16H21NO. The lowest BCUT2D eigenvalue weighted by molar-refractivity contribution is 0.321. The first kappa shape index (κ1) is 11.8. The SMILES string of the molecule is CNC(c1cc2cccc(C)c2o1)C(C)C1CC1. The summed E-state index contributed by atoms with van der Waals surface area (Å²) < 4.78 is 6.09. The molecular weight excluding hydrogens is 222 g/mol. The average Bonchev–Trinajstić information content (AvgIpc) is 3.11. The number of rotatable bonds is 4. The fraction of sp³-hybridized carbons (Fsp3) is 0.500. The van der Waals surface area contributed by atoms with Gasteiger partial charge in [0, 0.05) is 5.39 Å². The number of fused-ring (bicyclic) bond motifs is 1. The van der Waals surface area contributed by atoms with Crippen molar-refractivity contribution in [1.29, 1.82) is 0 Å². The summed E-state index contributed by atoms with van der Waals surface area (Å²) in [6.45, 7) is 4.44. The topological polar surface area (TPSA) is 25.2 Å². The monoisotopic (exact) mass is 243 g/mol. The van der Waals surface area contributed by atoms with E-state index in [1.54, 1.807) is 0 Å². The molecule has 1 N–H and O–H groups in total. The summed E-state index contributed by atoms with van der Waals surface area (Å²) in [5.74, 6) is 2.61. The second kappa shape index (κ2) is 4.43. The highest BCUT2D eigenvalue weighted by Gasteiger charge is 2.34. The third-order valence-corrected chi connectivity index (χ3v) is 4.27. The highest BCUT2D eigenvalue weighted by atomic mass is 16.3. The minimum Gasteiger partial charge on any atom is -0.459 e. The van der Waals surface area contributed by atoms with Crippen LogP contribution in [0.2, 0.25) is 0 Å². The maximum Gasteiger partial charge on any atom is 0.137 e. The summed E-state index contributed by atoms with van der Waals surface area (Å²) in [4.78, 5) is 0. The molecule has 0 spiro atoms. The first-order valence-corrected chi connectivity index (χ1v) is 6.87. The van der Waals surface area contributed by atoms with Gasteiger partial charge in [-0.25, -0.2) is 0 Å². The minimum atomic E-state index is 0.337. The Kier molecular flexibility index (Phi) is 2.90. The highest BCUT2D eigenvalue weighted by molar-refractivity contribution is 5.81. The molecule has 2 atom stereocenters. The summed E-state index contributed by atoms with van der Waals surface area (Å²) in [6.07, 6.45) is 2.75. The molecule has 1 aliphatic rings. The van der Waals surface area contributed by atoms with Crippen LogP contribution in [0.3, 0.4) is 0 Å². The number of benzene rings is 1. The third kappa shape index (κ3) is 1.95.